The first-order chi connectivity index (χ1) is 16.0. The fourth-order valence-corrected chi connectivity index (χ4v) is 5.28. The number of aryl methyl sites for hydroxylation is 1. The molecule has 0 bridgehead atoms. The number of aromatic amines is 1. The summed E-state index contributed by atoms with van der Waals surface area (Å²) in [6.07, 6.45) is 4.97. The second-order valence-electron chi connectivity index (χ2n) is 9.52. The van der Waals surface area contributed by atoms with E-state index in [1.807, 2.05) is 19.1 Å². The summed E-state index contributed by atoms with van der Waals surface area (Å²) in [5, 5.41) is 7.14. The van der Waals surface area contributed by atoms with Crippen LogP contribution < -0.4 is 4.74 Å². The number of rotatable bonds is 8. The predicted octanol–water partition coefficient (Wildman–Crippen LogP) is 5.76. The number of carbonyl (C=O) groups excluding carboxylic acids is 1. The van der Waals surface area contributed by atoms with Crippen LogP contribution in [0.1, 0.15) is 65.0 Å². The highest BCUT2D eigenvalue weighted by atomic mass is 16.5. The summed E-state index contributed by atoms with van der Waals surface area (Å²) in [5.41, 5.74) is 5.09. The fourth-order valence-electron chi connectivity index (χ4n) is 5.28. The van der Waals surface area contributed by atoms with Gasteiger partial charge in [-0.15, -0.1) is 0 Å². The molecule has 0 spiro atoms. The second kappa shape index (κ2) is 10.2. The number of ether oxygens (including phenoxy) is 1. The van der Waals surface area contributed by atoms with Crippen LogP contribution in [0.5, 0.6) is 5.75 Å². The third-order valence-electron chi connectivity index (χ3n) is 7.25. The average molecular weight is 446 g/mol. The SMILES string of the molecule is COc1c(C)n[nH]c1CN(C)C(=O)c1ccc(CC2CC[C@H]([C@H](C)c3ccccc3)C2)cc1. The standard InChI is InChI=1S/C28H35N3O2/c1-19(23-8-6-5-7-9-23)25-15-12-22(17-25)16-21-10-13-24(14-11-21)28(32)31(3)18-26-27(33-4)20(2)29-30-26/h5-11,13-14,19,22,25H,12,15-18H2,1-4H3,(H,29,30)/t19-,22?,25+/m1/s1. The van der Waals surface area contributed by atoms with E-state index in [0.717, 1.165) is 29.6 Å². The van der Waals surface area contributed by atoms with Crippen molar-refractivity contribution >= 4 is 5.91 Å². The van der Waals surface area contributed by atoms with Crippen molar-refractivity contribution in [2.75, 3.05) is 14.2 Å². The highest BCUT2D eigenvalue weighted by Gasteiger charge is 2.29. The number of aromatic nitrogens is 2. The molecule has 1 amide bonds. The topological polar surface area (TPSA) is 58.2 Å². The number of amides is 1. The number of benzene rings is 2. The maximum Gasteiger partial charge on any atom is 0.253 e. The molecule has 4 rings (SSSR count). The smallest absolute Gasteiger partial charge is 0.253 e. The van der Waals surface area contributed by atoms with Gasteiger partial charge in [-0.3, -0.25) is 9.89 Å². The van der Waals surface area contributed by atoms with Gasteiger partial charge >= 0.3 is 0 Å². The van der Waals surface area contributed by atoms with Crippen LogP contribution in [0.2, 0.25) is 0 Å². The van der Waals surface area contributed by atoms with E-state index in [4.69, 9.17) is 4.74 Å². The molecule has 5 heteroatoms. The minimum absolute atomic E-state index is 0.00604. The van der Waals surface area contributed by atoms with Crippen LogP contribution >= 0.6 is 0 Å². The summed E-state index contributed by atoms with van der Waals surface area (Å²) in [5.74, 6) is 2.80. The van der Waals surface area contributed by atoms with Crippen LogP contribution in [0.3, 0.4) is 0 Å². The molecule has 1 heterocycles. The average Bonchev–Trinajstić information content (AvgIpc) is 3.45. The van der Waals surface area contributed by atoms with Gasteiger partial charge in [-0.1, -0.05) is 49.4 Å². The minimum atomic E-state index is -0.00604. The molecular formula is C28H35N3O2. The molecule has 1 unspecified atom stereocenters. The molecule has 1 aliphatic carbocycles. The monoisotopic (exact) mass is 445 g/mol. The van der Waals surface area contributed by atoms with E-state index in [0.29, 0.717) is 23.8 Å². The van der Waals surface area contributed by atoms with Gasteiger partial charge in [-0.25, -0.2) is 0 Å². The molecule has 0 saturated heterocycles. The molecule has 5 nitrogen and oxygen atoms in total. The molecule has 0 aliphatic heterocycles. The van der Waals surface area contributed by atoms with Crippen molar-refractivity contribution in [3.8, 4) is 5.75 Å². The molecule has 1 aliphatic rings. The van der Waals surface area contributed by atoms with Crippen molar-refractivity contribution < 1.29 is 9.53 Å². The van der Waals surface area contributed by atoms with Crippen LogP contribution in [-0.4, -0.2) is 35.2 Å². The number of hydrogen-bond donors (Lipinski definition) is 1. The van der Waals surface area contributed by atoms with E-state index in [2.05, 4.69) is 59.6 Å². The molecule has 3 atom stereocenters. The van der Waals surface area contributed by atoms with E-state index >= 15 is 0 Å². The fraction of sp³-hybridized carbons (Fsp3) is 0.429. The molecule has 1 fully saturated rings. The normalized spacial score (nSPS) is 18.8. The first-order valence-electron chi connectivity index (χ1n) is 11.9. The number of nitrogens with one attached hydrogen (secondary N) is 1. The van der Waals surface area contributed by atoms with Gasteiger partial charge in [0.2, 0.25) is 0 Å². The predicted molar refractivity (Wildman–Crippen MR) is 132 cm³/mol. The van der Waals surface area contributed by atoms with Crippen LogP contribution in [0.25, 0.3) is 0 Å². The molecule has 1 saturated carbocycles. The lowest BCUT2D eigenvalue weighted by molar-refractivity contribution is 0.0782. The summed E-state index contributed by atoms with van der Waals surface area (Å²) in [6, 6.07) is 19.1. The lowest BCUT2D eigenvalue weighted by Crippen LogP contribution is -2.26. The minimum Gasteiger partial charge on any atom is -0.493 e. The van der Waals surface area contributed by atoms with E-state index in [1.54, 1.807) is 19.1 Å². The Bertz CT molecular complexity index is 1060. The Morgan fingerprint density at radius 1 is 1.15 bits per heavy atom. The Balaban J connectivity index is 1.32. The number of nitrogens with zero attached hydrogens (tertiary/aromatic N) is 2. The first-order valence-corrected chi connectivity index (χ1v) is 11.9. The van der Waals surface area contributed by atoms with Crippen LogP contribution in [0.15, 0.2) is 54.6 Å². The maximum atomic E-state index is 12.9. The van der Waals surface area contributed by atoms with Crippen molar-refractivity contribution in [3.63, 3.8) is 0 Å². The highest BCUT2D eigenvalue weighted by Crippen LogP contribution is 2.41. The number of hydrogen-bond acceptors (Lipinski definition) is 3. The molecule has 1 N–H and O–H groups in total. The van der Waals surface area contributed by atoms with Crippen molar-refractivity contribution in [1.82, 2.24) is 15.1 Å². The quantitative estimate of drug-likeness (QED) is 0.479. The number of H-pyrrole nitrogens is 1. The van der Waals surface area contributed by atoms with Gasteiger partial charge in [-0.2, -0.15) is 5.10 Å². The van der Waals surface area contributed by atoms with E-state index in [-0.39, 0.29) is 5.91 Å². The number of methoxy groups -OCH3 is 1. The van der Waals surface area contributed by atoms with Gasteiger partial charge < -0.3 is 9.64 Å². The molecule has 3 aromatic rings. The van der Waals surface area contributed by atoms with Gasteiger partial charge in [0.15, 0.2) is 5.75 Å². The zero-order chi connectivity index (χ0) is 23.4. The Kier molecular flexibility index (Phi) is 7.17. The zero-order valence-corrected chi connectivity index (χ0v) is 20.2. The third kappa shape index (κ3) is 5.29. The van der Waals surface area contributed by atoms with E-state index < -0.39 is 0 Å². The van der Waals surface area contributed by atoms with Gasteiger partial charge in [0.05, 0.1) is 19.3 Å². The van der Waals surface area contributed by atoms with E-state index in [9.17, 15) is 4.79 Å². The lowest BCUT2D eigenvalue weighted by atomic mass is 9.85. The van der Waals surface area contributed by atoms with Crippen molar-refractivity contribution in [2.24, 2.45) is 11.8 Å². The second-order valence-corrected chi connectivity index (χ2v) is 9.52. The largest absolute Gasteiger partial charge is 0.493 e. The maximum absolute atomic E-state index is 12.9. The van der Waals surface area contributed by atoms with Gasteiger partial charge in [0, 0.05) is 12.6 Å². The van der Waals surface area contributed by atoms with Crippen LogP contribution in [-0.2, 0) is 13.0 Å². The molecule has 0 radical (unpaired) electrons. The van der Waals surface area contributed by atoms with Crippen LogP contribution in [0, 0.1) is 18.8 Å². The Labute approximate surface area is 197 Å². The summed E-state index contributed by atoms with van der Waals surface area (Å²) >= 11 is 0. The molecule has 2 aromatic carbocycles. The molecule has 1 aromatic heterocycles. The summed E-state index contributed by atoms with van der Waals surface area (Å²) in [7, 11) is 3.43. The summed E-state index contributed by atoms with van der Waals surface area (Å²) in [4.78, 5) is 14.6. The van der Waals surface area contributed by atoms with Gasteiger partial charge in [-0.05, 0) is 73.6 Å². The third-order valence-corrected chi connectivity index (χ3v) is 7.25. The van der Waals surface area contributed by atoms with E-state index in [1.165, 1.54) is 30.4 Å². The van der Waals surface area contributed by atoms with Crippen molar-refractivity contribution in [3.05, 3.63) is 82.7 Å². The summed E-state index contributed by atoms with van der Waals surface area (Å²) in [6.45, 7) is 4.68. The first kappa shape index (κ1) is 23.1. The van der Waals surface area contributed by atoms with Crippen molar-refractivity contribution in [2.45, 2.75) is 52.0 Å². The van der Waals surface area contributed by atoms with Gasteiger partial charge in [0.25, 0.3) is 5.91 Å². The Hall–Kier alpha value is -3.08. The highest BCUT2D eigenvalue weighted by molar-refractivity contribution is 5.94. The van der Waals surface area contributed by atoms with Crippen LogP contribution in [0.4, 0.5) is 0 Å². The van der Waals surface area contributed by atoms with Gasteiger partial charge in [0.1, 0.15) is 5.69 Å². The lowest BCUT2D eigenvalue weighted by Gasteiger charge is -2.20. The summed E-state index contributed by atoms with van der Waals surface area (Å²) < 4.78 is 5.40. The Morgan fingerprint density at radius 3 is 2.58 bits per heavy atom. The molecular weight excluding hydrogens is 410 g/mol. The molecule has 33 heavy (non-hydrogen) atoms. The molecule has 174 valence electrons. The number of carbonyl (C=O) groups is 1. The Morgan fingerprint density at radius 2 is 1.88 bits per heavy atom. The zero-order valence-electron chi connectivity index (χ0n) is 20.2. The van der Waals surface area contributed by atoms with Crippen molar-refractivity contribution in [1.29, 1.82) is 0 Å².